The first-order valence-electron chi connectivity index (χ1n) is 4.02. The summed E-state index contributed by atoms with van der Waals surface area (Å²) in [6.45, 7) is 0. The number of aliphatic imine (C=N–C) groups is 1. The van der Waals surface area contributed by atoms with Crippen molar-refractivity contribution in [3.63, 3.8) is 0 Å². The molecule has 1 aromatic rings. The van der Waals surface area contributed by atoms with Crippen LogP contribution in [0.2, 0.25) is 0 Å². The van der Waals surface area contributed by atoms with Gasteiger partial charge in [-0.05, 0) is 18.2 Å². The molecule has 1 aliphatic heterocycles. The van der Waals surface area contributed by atoms with Gasteiger partial charge in [0.2, 0.25) is 0 Å². The van der Waals surface area contributed by atoms with Crippen LogP contribution in [0.5, 0.6) is 0 Å². The molecule has 0 saturated heterocycles. The maximum Gasteiger partial charge on any atom is 0.171 e. The van der Waals surface area contributed by atoms with Crippen LogP contribution < -0.4 is 11.1 Å². The molecule has 0 spiro atoms. The first-order chi connectivity index (χ1) is 6.36. The van der Waals surface area contributed by atoms with Crippen LogP contribution in [0, 0.1) is 0 Å². The van der Waals surface area contributed by atoms with Crippen LogP contribution in [0.1, 0.15) is 5.56 Å². The van der Waals surface area contributed by atoms with Gasteiger partial charge in [0.1, 0.15) is 0 Å². The summed E-state index contributed by atoms with van der Waals surface area (Å²) in [5, 5.41) is 3.03. The minimum absolute atomic E-state index is 0.347. The summed E-state index contributed by atoms with van der Waals surface area (Å²) in [5.74, 6) is 0. The zero-order valence-corrected chi connectivity index (χ0v) is 7.01. The molecule has 1 unspecified atom stereocenters. The molecule has 0 aliphatic carbocycles. The highest BCUT2D eigenvalue weighted by molar-refractivity contribution is 5.85. The van der Waals surface area contributed by atoms with Gasteiger partial charge in [-0.1, -0.05) is 0 Å². The predicted molar refractivity (Wildman–Crippen MR) is 51.8 cm³/mol. The highest BCUT2D eigenvalue weighted by atomic mass is 15.2. The van der Waals surface area contributed by atoms with Crippen molar-refractivity contribution < 1.29 is 0 Å². The number of rotatable bonds is 1. The molecule has 0 aromatic carbocycles. The van der Waals surface area contributed by atoms with Crippen molar-refractivity contribution in [3.05, 3.63) is 36.2 Å². The largest absolute Gasteiger partial charge is 0.351 e. The summed E-state index contributed by atoms with van der Waals surface area (Å²) in [7, 11) is 0. The van der Waals surface area contributed by atoms with Crippen LogP contribution in [0.4, 0.5) is 0 Å². The molecule has 13 heavy (non-hydrogen) atoms. The quantitative estimate of drug-likeness (QED) is 0.645. The van der Waals surface area contributed by atoms with Crippen molar-refractivity contribution in [3.8, 4) is 0 Å². The molecule has 2 rings (SSSR count). The van der Waals surface area contributed by atoms with Gasteiger partial charge in [-0.15, -0.1) is 0 Å². The van der Waals surface area contributed by atoms with Crippen LogP contribution in [-0.4, -0.2) is 17.5 Å². The van der Waals surface area contributed by atoms with E-state index >= 15 is 0 Å². The number of allylic oxidation sites excluding steroid dienone is 1. The van der Waals surface area contributed by atoms with E-state index in [4.69, 9.17) is 5.73 Å². The van der Waals surface area contributed by atoms with Crippen LogP contribution in [-0.2, 0) is 0 Å². The van der Waals surface area contributed by atoms with E-state index in [1.807, 2.05) is 18.2 Å². The number of hydrogen-bond acceptors (Lipinski definition) is 4. The molecule has 0 amide bonds. The second-order valence-electron chi connectivity index (χ2n) is 2.71. The zero-order valence-electron chi connectivity index (χ0n) is 7.01. The summed E-state index contributed by atoms with van der Waals surface area (Å²) in [6, 6.07) is 3.85. The first kappa shape index (κ1) is 7.94. The van der Waals surface area contributed by atoms with E-state index in [-0.39, 0.29) is 6.29 Å². The monoisotopic (exact) mass is 174 g/mol. The van der Waals surface area contributed by atoms with Gasteiger partial charge in [0.05, 0.1) is 0 Å². The number of nitrogens with one attached hydrogen (secondary N) is 1. The smallest absolute Gasteiger partial charge is 0.171 e. The van der Waals surface area contributed by atoms with Gasteiger partial charge in [-0.3, -0.25) is 15.7 Å². The molecule has 0 fully saturated rings. The molecule has 0 saturated carbocycles. The average molecular weight is 174 g/mol. The van der Waals surface area contributed by atoms with E-state index in [1.54, 1.807) is 18.6 Å². The SMILES string of the molecule is NC1N=CC=C(c2cccnc2)N1. The highest BCUT2D eigenvalue weighted by Gasteiger charge is 2.06. The van der Waals surface area contributed by atoms with Crippen molar-refractivity contribution in [2.24, 2.45) is 10.7 Å². The summed E-state index contributed by atoms with van der Waals surface area (Å²) in [6.07, 6.45) is 6.75. The van der Waals surface area contributed by atoms with E-state index in [9.17, 15) is 0 Å². The topological polar surface area (TPSA) is 63.3 Å². The fourth-order valence-corrected chi connectivity index (χ4v) is 1.16. The Labute approximate surface area is 76.2 Å². The van der Waals surface area contributed by atoms with Crippen molar-refractivity contribution in [2.45, 2.75) is 6.29 Å². The maximum absolute atomic E-state index is 5.59. The third-order valence-electron chi connectivity index (χ3n) is 1.76. The Morgan fingerprint density at radius 3 is 3.08 bits per heavy atom. The molecular weight excluding hydrogens is 164 g/mol. The number of pyridine rings is 1. The average Bonchev–Trinajstić information content (AvgIpc) is 2.19. The van der Waals surface area contributed by atoms with Gasteiger partial charge in [0, 0.05) is 29.9 Å². The fraction of sp³-hybridized carbons (Fsp3) is 0.111. The standard InChI is InChI=1S/C9H10N4/c10-9-12-5-3-8(13-9)7-2-1-4-11-6-7/h1-6,9,13H,10H2. The molecule has 1 aliphatic rings. The molecule has 4 heteroatoms. The predicted octanol–water partition coefficient (Wildman–Crippen LogP) is 0.339. The van der Waals surface area contributed by atoms with Gasteiger partial charge < -0.3 is 5.32 Å². The van der Waals surface area contributed by atoms with Crippen molar-refractivity contribution >= 4 is 11.9 Å². The normalized spacial score (nSPS) is 20.7. The molecule has 2 heterocycles. The van der Waals surface area contributed by atoms with E-state index in [0.29, 0.717) is 0 Å². The molecule has 1 aromatic heterocycles. The van der Waals surface area contributed by atoms with Gasteiger partial charge >= 0.3 is 0 Å². The molecule has 0 bridgehead atoms. The van der Waals surface area contributed by atoms with Crippen molar-refractivity contribution in [1.82, 2.24) is 10.3 Å². The Kier molecular flexibility index (Phi) is 2.06. The van der Waals surface area contributed by atoms with E-state index in [0.717, 1.165) is 11.3 Å². The lowest BCUT2D eigenvalue weighted by Crippen LogP contribution is -2.36. The maximum atomic E-state index is 5.59. The Morgan fingerprint density at radius 1 is 1.46 bits per heavy atom. The van der Waals surface area contributed by atoms with E-state index in [2.05, 4.69) is 15.3 Å². The number of aromatic nitrogens is 1. The molecule has 66 valence electrons. The van der Waals surface area contributed by atoms with Gasteiger partial charge in [-0.2, -0.15) is 0 Å². The van der Waals surface area contributed by atoms with Gasteiger partial charge in [-0.25, -0.2) is 0 Å². The van der Waals surface area contributed by atoms with Crippen molar-refractivity contribution in [2.75, 3.05) is 0 Å². The van der Waals surface area contributed by atoms with E-state index < -0.39 is 0 Å². The van der Waals surface area contributed by atoms with Crippen molar-refractivity contribution in [1.29, 1.82) is 0 Å². The number of hydrogen-bond donors (Lipinski definition) is 2. The summed E-state index contributed by atoms with van der Waals surface area (Å²) >= 11 is 0. The third kappa shape index (κ3) is 1.73. The molecule has 1 atom stereocenters. The third-order valence-corrected chi connectivity index (χ3v) is 1.76. The lowest BCUT2D eigenvalue weighted by Gasteiger charge is -2.16. The number of nitrogens with zero attached hydrogens (tertiary/aromatic N) is 2. The fourth-order valence-electron chi connectivity index (χ4n) is 1.16. The second-order valence-corrected chi connectivity index (χ2v) is 2.71. The summed E-state index contributed by atoms with van der Waals surface area (Å²) < 4.78 is 0. The highest BCUT2D eigenvalue weighted by Crippen LogP contribution is 2.10. The minimum Gasteiger partial charge on any atom is -0.351 e. The first-order valence-corrected chi connectivity index (χ1v) is 4.02. The van der Waals surface area contributed by atoms with Crippen LogP contribution in [0.25, 0.3) is 5.70 Å². The Bertz CT molecular complexity index is 342. The van der Waals surface area contributed by atoms with Gasteiger partial charge in [0.15, 0.2) is 6.29 Å². The Morgan fingerprint density at radius 2 is 2.38 bits per heavy atom. The lowest BCUT2D eigenvalue weighted by atomic mass is 10.2. The Hall–Kier alpha value is -1.68. The lowest BCUT2D eigenvalue weighted by molar-refractivity contribution is 0.652. The molecular formula is C9H10N4. The summed E-state index contributed by atoms with van der Waals surface area (Å²) in [4.78, 5) is 7.97. The molecule has 4 nitrogen and oxygen atoms in total. The van der Waals surface area contributed by atoms with E-state index in [1.165, 1.54) is 0 Å². The molecule has 0 radical (unpaired) electrons. The summed E-state index contributed by atoms with van der Waals surface area (Å²) in [5.41, 5.74) is 7.56. The number of nitrogens with two attached hydrogens (primary N) is 1. The van der Waals surface area contributed by atoms with Crippen LogP contribution >= 0.6 is 0 Å². The van der Waals surface area contributed by atoms with Crippen LogP contribution in [0.3, 0.4) is 0 Å². The van der Waals surface area contributed by atoms with Crippen LogP contribution in [0.15, 0.2) is 35.6 Å². The van der Waals surface area contributed by atoms with Gasteiger partial charge in [0.25, 0.3) is 0 Å². The zero-order chi connectivity index (χ0) is 9.10. The Balaban J connectivity index is 2.28. The minimum atomic E-state index is -0.347. The molecule has 3 N–H and O–H groups in total. The second kappa shape index (κ2) is 3.37.